The van der Waals surface area contributed by atoms with Gasteiger partial charge in [0, 0.05) is 24.3 Å². The smallest absolute Gasteiger partial charge is 0.271 e. The molecule has 0 bridgehead atoms. The zero-order valence-electron chi connectivity index (χ0n) is 14.5. The Balaban J connectivity index is 2.07. The predicted molar refractivity (Wildman–Crippen MR) is 106 cm³/mol. The first kappa shape index (κ1) is 19.3. The predicted octanol–water partition coefficient (Wildman–Crippen LogP) is 4.99. The van der Waals surface area contributed by atoms with E-state index in [1.54, 1.807) is 37.3 Å². The number of carbonyl (C=O) groups is 1. The van der Waals surface area contributed by atoms with E-state index in [-0.39, 0.29) is 5.91 Å². The van der Waals surface area contributed by atoms with E-state index in [1.165, 1.54) is 0 Å². The highest BCUT2D eigenvalue weighted by molar-refractivity contribution is 6.42. The lowest BCUT2D eigenvalue weighted by molar-refractivity contribution is 0.0955. The summed E-state index contributed by atoms with van der Waals surface area (Å²) >= 11 is 11.9. The number of hydrogen-bond acceptors (Lipinski definition) is 3. The number of nitrogens with one attached hydrogen (secondary N) is 1. The van der Waals surface area contributed by atoms with Gasteiger partial charge in [-0.2, -0.15) is 5.10 Å². The summed E-state index contributed by atoms with van der Waals surface area (Å²) in [4.78, 5) is 14.5. The molecule has 0 aliphatic rings. The van der Waals surface area contributed by atoms with Crippen LogP contribution in [0.5, 0.6) is 0 Å². The average molecular weight is 378 g/mol. The highest BCUT2D eigenvalue weighted by Crippen LogP contribution is 2.22. The van der Waals surface area contributed by atoms with Crippen LogP contribution in [0.3, 0.4) is 0 Å². The van der Waals surface area contributed by atoms with Crippen molar-refractivity contribution in [2.45, 2.75) is 20.8 Å². The van der Waals surface area contributed by atoms with Crippen molar-refractivity contribution in [1.82, 2.24) is 5.43 Å². The van der Waals surface area contributed by atoms with Crippen molar-refractivity contribution in [2.75, 3.05) is 18.0 Å². The number of hydrogen-bond donors (Lipinski definition) is 1. The number of benzene rings is 2. The van der Waals surface area contributed by atoms with Gasteiger partial charge < -0.3 is 4.90 Å². The average Bonchev–Trinajstić information content (AvgIpc) is 2.63. The topological polar surface area (TPSA) is 44.7 Å². The molecule has 0 radical (unpaired) electrons. The molecule has 6 heteroatoms. The second kappa shape index (κ2) is 8.88. The van der Waals surface area contributed by atoms with Crippen LogP contribution in [0, 0.1) is 0 Å². The van der Waals surface area contributed by atoms with Gasteiger partial charge in [-0.1, -0.05) is 29.3 Å². The Hall–Kier alpha value is -2.04. The highest BCUT2D eigenvalue weighted by atomic mass is 35.5. The SMILES string of the molecule is CCN(CC)c1ccc(C(=O)NN=C(C)c2ccc(Cl)c(Cl)c2)cc1. The summed E-state index contributed by atoms with van der Waals surface area (Å²) < 4.78 is 0. The fourth-order valence-corrected chi connectivity index (χ4v) is 2.70. The molecular weight excluding hydrogens is 357 g/mol. The van der Waals surface area contributed by atoms with Crippen molar-refractivity contribution < 1.29 is 4.79 Å². The number of anilines is 1. The molecule has 0 fully saturated rings. The van der Waals surface area contributed by atoms with Gasteiger partial charge in [-0.3, -0.25) is 4.79 Å². The summed E-state index contributed by atoms with van der Waals surface area (Å²) in [7, 11) is 0. The van der Waals surface area contributed by atoms with E-state index >= 15 is 0 Å². The van der Waals surface area contributed by atoms with Crippen LogP contribution in [0.15, 0.2) is 47.6 Å². The molecular formula is C19H21Cl2N3O. The second-order valence-electron chi connectivity index (χ2n) is 5.49. The van der Waals surface area contributed by atoms with Gasteiger partial charge in [0.25, 0.3) is 5.91 Å². The molecule has 4 nitrogen and oxygen atoms in total. The largest absolute Gasteiger partial charge is 0.372 e. The van der Waals surface area contributed by atoms with Crippen LogP contribution >= 0.6 is 23.2 Å². The lowest BCUT2D eigenvalue weighted by Gasteiger charge is -2.20. The van der Waals surface area contributed by atoms with Crippen molar-refractivity contribution in [1.29, 1.82) is 0 Å². The molecule has 0 spiro atoms. The van der Waals surface area contributed by atoms with Gasteiger partial charge in [0.15, 0.2) is 0 Å². The van der Waals surface area contributed by atoms with Crippen molar-refractivity contribution in [2.24, 2.45) is 5.10 Å². The van der Waals surface area contributed by atoms with Crippen LogP contribution in [-0.2, 0) is 0 Å². The number of nitrogens with zero attached hydrogens (tertiary/aromatic N) is 2. The molecule has 0 aliphatic heterocycles. The first-order valence-corrected chi connectivity index (χ1v) is 8.86. The summed E-state index contributed by atoms with van der Waals surface area (Å²) in [5, 5.41) is 5.07. The van der Waals surface area contributed by atoms with E-state index in [0.717, 1.165) is 24.3 Å². The molecule has 0 aromatic heterocycles. The van der Waals surface area contributed by atoms with E-state index in [9.17, 15) is 4.79 Å². The number of amides is 1. The Morgan fingerprint density at radius 2 is 1.60 bits per heavy atom. The molecule has 0 atom stereocenters. The Bertz CT molecular complexity index is 769. The third-order valence-corrected chi connectivity index (χ3v) is 4.66. The maximum Gasteiger partial charge on any atom is 0.271 e. The molecule has 1 amide bonds. The van der Waals surface area contributed by atoms with Crippen LogP contribution in [0.25, 0.3) is 0 Å². The Morgan fingerprint density at radius 3 is 2.16 bits per heavy atom. The van der Waals surface area contributed by atoms with Gasteiger partial charge in [-0.15, -0.1) is 0 Å². The fourth-order valence-electron chi connectivity index (χ4n) is 2.40. The molecule has 0 saturated carbocycles. The van der Waals surface area contributed by atoms with Crippen molar-refractivity contribution in [3.63, 3.8) is 0 Å². The first-order chi connectivity index (χ1) is 12.0. The maximum atomic E-state index is 12.2. The van der Waals surface area contributed by atoms with E-state index in [2.05, 4.69) is 29.3 Å². The number of rotatable bonds is 6. The normalized spacial score (nSPS) is 11.3. The summed E-state index contributed by atoms with van der Waals surface area (Å²) in [6.07, 6.45) is 0. The van der Waals surface area contributed by atoms with Gasteiger partial charge in [0.2, 0.25) is 0 Å². The van der Waals surface area contributed by atoms with Gasteiger partial charge in [0.05, 0.1) is 15.8 Å². The molecule has 0 aliphatic carbocycles. The molecule has 1 N–H and O–H groups in total. The van der Waals surface area contributed by atoms with Crippen molar-refractivity contribution >= 4 is 40.5 Å². The number of halogens is 2. The van der Waals surface area contributed by atoms with Crippen molar-refractivity contribution in [3.05, 3.63) is 63.6 Å². The van der Waals surface area contributed by atoms with Crippen LogP contribution in [-0.4, -0.2) is 24.7 Å². The van der Waals surface area contributed by atoms with Crippen molar-refractivity contribution in [3.8, 4) is 0 Å². The summed E-state index contributed by atoms with van der Waals surface area (Å²) in [5.74, 6) is -0.259. The molecule has 0 saturated heterocycles. The lowest BCUT2D eigenvalue weighted by Crippen LogP contribution is -2.22. The third-order valence-electron chi connectivity index (χ3n) is 3.92. The van der Waals surface area contributed by atoms with E-state index in [4.69, 9.17) is 23.2 Å². The van der Waals surface area contributed by atoms with Crippen LogP contribution in [0.2, 0.25) is 10.0 Å². The molecule has 2 rings (SSSR count). The van der Waals surface area contributed by atoms with Crippen LogP contribution in [0.4, 0.5) is 5.69 Å². The Kier molecular flexibility index (Phi) is 6.85. The maximum absolute atomic E-state index is 12.2. The minimum Gasteiger partial charge on any atom is -0.372 e. The number of carbonyl (C=O) groups excluding carboxylic acids is 1. The van der Waals surface area contributed by atoms with Gasteiger partial charge in [-0.25, -0.2) is 5.43 Å². The van der Waals surface area contributed by atoms with E-state index < -0.39 is 0 Å². The minimum absolute atomic E-state index is 0.259. The van der Waals surface area contributed by atoms with Gasteiger partial charge in [0.1, 0.15) is 0 Å². The monoisotopic (exact) mass is 377 g/mol. The first-order valence-electron chi connectivity index (χ1n) is 8.11. The molecule has 0 heterocycles. The Morgan fingerprint density at radius 1 is 1.00 bits per heavy atom. The number of hydrazone groups is 1. The molecule has 25 heavy (non-hydrogen) atoms. The zero-order valence-corrected chi connectivity index (χ0v) is 16.0. The standard InChI is InChI=1S/C19H21Cl2N3O/c1-4-24(5-2)16-9-6-14(7-10-16)19(25)23-22-13(3)15-8-11-17(20)18(21)12-15/h6-12H,4-5H2,1-3H3,(H,23,25). The summed E-state index contributed by atoms with van der Waals surface area (Å²) in [6, 6.07) is 12.7. The minimum atomic E-state index is -0.259. The molecule has 2 aromatic rings. The molecule has 132 valence electrons. The van der Waals surface area contributed by atoms with Crippen LogP contribution in [0.1, 0.15) is 36.7 Å². The lowest BCUT2D eigenvalue weighted by atomic mass is 10.1. The third kappa shape index (κ3) is 4.97. The van der Waals surface area contributed by atoms with Crippen LogP contribution < -0.4 is 10.3 Å². The van der Waals surface area contributed by atoms with E-state index in [0.29, 0.717) is 21.3 Å². The summed E-state index contributed by atoms with van der Waals surface area (Å²) in [5.41, 5.74) is 5.66. The molecule has 2 aromatic carbocycles. The Labute approximate surface area is 158 Å². The second-order valence-corrected chi connectivity index (χ2v) is 6.30. The zero-order chi connectivity index (χ0) is 18.4. The quantitative estimate of drug-likeness (QED) is 0.568. The van der Waals surface area contributed by atoms with Gasteiger partial charge >= 0.3 is 0 Å². The fraction of sp³-hybridized carbons (Fsp3) is 0.263. The summed E-state index contributed by atoms with van der Waals surface area (Å²) in [6.45, 7) is 7.85. The van der Waals surface area contributed by atoms with E-state index in [1.807, 2.05) is 12.1 Å². The highest BCUT2D eigenvalue weighted by Gasteiger charge is 2.08. The van der Waals surface area contributed by atoms with Gasteiger partial charge in [-0.05, 0) is 62.7 Å². The molecule has 0 unspecified atom stereocenters.